The van der Waals surface area contributed by atoms with Crippen LogP contribution in [0.1, 0.15) is 0 Å². The van der Waals surface area contributed by atoms with E-state index in [4.69, 9.17) is 4.74 Å². The third-order valence-electron chi connectivity index (χ3n) is 1.33. The van der Waals surface area contributed by atoms with Crippen molar-refractivity contribution in [3.63, 3.8) is 0 Å². The molecule has 0 aliphatic carbocycles. The van der Waals surface area contributed by atoms with Gasteiger partial charge in [-0.05, 0) is 0 Å². The largest absolute Gasteiger partial charge is 0.372 e. The Morgan fingerprint density at radius 3 is 3.00 bits per heavy atom. The summed E-state index contributed by atoms with van der Waals surface area (Å²) in [5.74, 6) is 1.49. The summed E-state index contributed by atoms with van der Waals surface area (Å²) in [6, 6.07) is -1.07. The quantitative estimate of drug-likeness (QED) is 0.551. The second-order valence-electron chi connectivity index (χ2n) is 2.18. The van der Waals surface area contributed by atoms with Crippen LogP contribution < -0.4 is 5.32 Å². The first-order valence-corrected chi connectivity index (χ1v) is 3.10. The van der Waals surface area contributed by atoms with E-state index in [1.165, 1.54) is 5.94 Å². The molecule has 62 valence electrons. The summed E-state index contributed by atoms with van der Waals surface area (Å²) in [6.45, 7) is -0.0183. The Hall–Kier alpha value is -0.930. The fraction of sp³-hybridized carbons (Fsp3) is 0.667. The molecule has 0 radical (unpaired) electrons. The Morgan fingerprint density at radius 2 is 2.45 bits per heavy atom. The zero-order chi connectivity index (χ0) is 8.27. The first kappa shape index (κ1) is 8.17. The standard InChI is InChI=1S/C6H7F2NO2/c7-6(8)5-3-11-2-4(1-10)9-5/h5-6,9H,2-3H2/t5-/m0/s1. The van der Waals surface area contributed by atoms with E-state index in [0.29, 0.717) is 0 Å². The van der Waals surface area contributed by atoms with E-state index in [0.717, 1.165) is 0 Å². The van der Waals surface area contributed by atoms with E-state index in [2.05, 4.69) is 5.32 Å². The van der Waals surface area contributed by atoms with Crippen molar-refractivity contribution in [2.24, 2.45) is 0 Å². The van der Waals surface area contributed by atoms with Gasteiger partial charge in [0, 0.05) is 0 Å². The van der Waals surface area contributed by atoms with Gasteiger partial charge in [0.05, 0.1) is 13.2 Å². The molecule has 1 heterocycles. The fourth-order valence-electron chi connectivity index (χ4n) is 0.790. The van der Waals surface area contributed by atoms with Crippen molar-refractivity contribution in [2.75, 3.05) is 13.2 Å². The first-order valence-electron chi connectivity index (χ1n) is 3.10. The summed E-state index contributed by atoms with van der Waals surface area (Å²) < 4.78 is 28.6. The van der Waals surface area contributed by atoms with Crippen LogP contribution in [0.4, 0.5) is 8.78 Å². The van der Waals surface area contributed by atoms with Crippen LogP contribution in [0.3, 0.4) is 0 Å². The van der Waals surface area contributed by atoms with Crippen molar-refractivity contribution in [1.29, 1.82) is 0 Å². The molecule has 0 unspecified atom stereocenters. The lowest BCUT2D eigenvalue weighted by Gasteiger charge is -2.24. The molecule has 1 atom stereocenters. The van der Waals surface area contributed by atoms with Crippen molar-refractivity contribution >= 4 is 5.94 Å². The molecule has 1 N–H and O–H groups in total. The number of carbonyl (C=O) groups excluding carboxylic acids is 1. The predicted molar refractivity (Wildman–Crippen MR) is 33.0 cm³/mol. The van der Waals surface area contributed by atoms with Gasteiger partial charge in [0.1, 0.15) is 17.7 Å². The SMILES string of the molecule is O=C=C1COC[C@@H](C(F)F)N1. The summed E-state index contributed by atoms with van der Waals surface area (Å²) in [4.78, 5) is 9.98. The summed E-state index contributed by atoms with van der Waals surface area (Å²) in [5, 5.41) is 2.32. The minimum Gasteiger partial charge on any atom is -0.372 e. The number of hydrogen-bond acceptors (Lipinski definition) is 3. The first-order chi connectivity index (χ1) is 5.24. The van der Waals surface area contributed by atoms with Crippen molar-refractivity contribution < 1.29 is 18.3 Å². The zero-order valence-electron chi connectivity index (χ0n) is 5.64. The zero-order valence-corrected chi connectivity index (χ0v) is 5.64. The maximum atomic E-state index is 11.9. The topological polar surface area (TPSA) is 38.3 Å². The third kappa shape index (κ3) is 2.00. The molecule has 0 bridgehead atoms. The smallest absolute Gasteiger partial charge is 0.260 e. The molecule has 5 heteroatoms. The second kappa shape index (κ2) is 3.46. The van der Waals surface area contributed by atoms with Gasteiger partial charge < -0.3 is 10.1 Å². The minimum absolute atomic E-state index is 0.0483. The van der Waals surface area contributed by atoms with Gasteiger partial charge in [-0.3, -0.25) is 0 Å². The molecule has 1 fully saturated rings. The van der Waals surface area contributed by atoms with Crippen molar-refractivity contribution in [1.82, 2.24) is 5.32 Å². The number of halogens is 2. The van der Waals surface area contributed by atoms with E-state index in [1.807, 2.05) is 0 Å². The van der Waals surface area contributed by atoms with E-state index < -0.39 is 12.5 Å². The van der Waals surface area contributed by atoms with Crippen molar-refractivity contribution in [3.05, 3.63) is 5.70 Å². The highest BCUT2D eigenvalue weighted by atomic mass is 19.3. The van der Waals surface area contributed by atoms with Crippen LogP contribution in [0, 0.1) is 0 Å². The third-order valence-corrected chi connectivity index (χ3v) is 1.33. The molecule has 1 aliphatic rings. The van der Waals surface area contributed by atoms with Crippen LogP contribution in [0.5, 0.6) is 0 Å². The van der Waals surface area contributed by atoms with Gasteiger partial charge in [-0.15, -0.1) is 0 Å². The van der Waals surface area contributed by atoms with Crippen LogP contribution in [0.2, 0.25) is 0 Å². The summed E-state index contributed by atoms with van der Waals surface area (Å²) >= 11 is 0. The highest BCUT2D eigenvalue weighted by molar-refractivity contribution is 5.52. The molecule has 3 nitrogen and oxygen atoms in total. The molecule has 0 saturated carbocycles. The predicted octanol–water partition coefficient (Wildman–Crippen LogP) is -0.0446. The normalized spacial score (nSPS) is 24.6. The number of nitrogens with one attached hydrogen (secondary N) is 1. The molecule has 1 rings (SSSR count). The Bertz CT molecular complexity index is 189. The van der Waals surface area contributed by atoms with Crippen molar-refractivity contribution in [3.8, 4) is 0 Å². The molecule has 1 saturated heterocycles. The van der Waals surface area contributed by atoms with Gasteiger partial charge in [-0.2, -0.15) is 0 Å². The summed E-state index contributed by atoms with van der Waals surface area (Å²) in [5.41, 5.74) is 0.0570. The molecule has 1 aliphatic heterocycles. The number of rotatable bonds is 1. The van der Waals surface area contributed by atoms with Crippen LogP contribution in [-0.4, -0.2) is 31.6 Å². The minimum atomic E-state index is -2.52. The molecule has 11 heavy (non-hydrogen) atoms. The van der Waals surface area contributed by atoms with E-state index in [1.54, 1.807) is 0 Å². The highest BCUT2D eigenvalue weighted by Gasteiger charge is 2.25. The van der Waals surface area contributed by atoms with Crippen LogP contribution in [0.25, 0.3) is 0 Å². The molecule has 0 amide bonds. The van der Waals surface area contributed by atoms with Crippen LogP contribution >= 0.6 is 0 Å². The number of ether oxygens (including phenoxy) is 1. The average Bonchev–Trinajstić information content (AvgIpc) is 2.05. The monoisotopic (exact) mass is 163 g/mol. The number of morpholine rings is 1. The Balaban J connectivity index is 2.53. The fourth-order valence-corrected chi connectivity index (χ4v) is 0.790. The molecular weight excluding hydrogens is 156 g/mol. The lowest BCUT2D eigenvalue weighted by atomic mass is 10.3. The summed E-state index contributed by atoms with van der Waals surface area (Å²) in [7, 11) is 0. The highest BCUT2D eigenvalue weighted by Crippen LogP contribution is 2.07. The lowest BCUT2D eigenvalue weighted by Crippen LogP contribution is -2.44. The van der Waals surface area contributed by atoms with Gasteiger partial charge in [-0.1, -0.05) is 0 Å². The van der Waals surface area contributed by atoms with Gasteiger partial charge in [0.2, 0.25) is 0 Å². The maximum Gasteiger partial charge on any atom is 0.260 e. The van der Waals surface area contributed by atoms with Crippen molar-refractivity contribution in [2.45, 2.75) is 12.5 Å². The molecule has 0 aromatic rings. The number of alkyl halides is 2. The Labute approximate surface area is 62.0 Å². The van der Waals surface area contributed by atoms with Gasteiger partial charge >= 0.3 is 0 Å². The second-order valence-corrected chi connectivity index (χ2v) is 2.18. The maximum absolute atomic E-state index is 11.9. The molecule has 0 aromatic heterocycles. The Morgan fingerprint density at radius 1 is 1.73 bits per heavy atom. The Kier molecular flexibility index (Phi) is 2.57. The summed E-state index contributed by atoms with van der Waals surface area (Å²) in [6.07, 6.45) is -2.52. The van der Waals surface area contributed by atoms with Gasteiger partial charge in [-0.25, -0.2) is 13.6 Å². The van der Waals surface area contributed by atoms with Crippen LogP contribution in [-0.2, 0) is 9.53 Å². The van der Waals surface area contributed by atoms with Crippen LogP contribution in [0.15, 0.2) is 5.70 Å². The van der Waals surface area contributed by atoms with E-state index >= 15 is 0 Å². The lowest BCUT2D eigenvalue weighted by molar-refractivity contribution is 0.0192. The van der Waals surface area contributed by atoms with Gasteiger partial charge in [0.15, 0.2) is 0 Å². The van der Waals surface area contributed by atoms with Gasteiger partial charge in [0.25, 0.3) is 6.43 Å². The molecule has 0 spiro atoms. The average molecular weight is 163 g/mol. The van der Waals surface area contributed by atoms with E-state index in [9.17, 15) is 13.6 Å². The van der Waals surface area contributed by atoms with E-state index in [-0.39, 0.29) is 18.9 Å². The molecule has 0 aromatic carbocycles. The number of hydrogen-bond donors (Lipinski definition) is 1. The molecular formula is C6H7F2NO2.